The lowest BCUT2D eigenvalue weighted by Gasteiger charge is -2.48. The number of allylic oxidation sites excluding steroid dienone is 2. The highest BCUT2D eigenvalue weighted by molar-refractivity contribution is 14.1. The van der Waals surface area contributed by atoms with E-state index < -0.39 is 198 Å². The molecule has 6 amide bonds. The Labute approximate surface area is 776 Å². The summed E-state index contributed by atoms with van der Waals surface area (Å²) in [6.07, 6.45) is -17.0. The Bertz CT molecular complexity index is 4240. The Balaban J connectivity index is 0.997. The number of hydroxylamine groups is 1. The van der Waals surface area contributed by atoms with Gasteiger partial charge in [-0.15, -0.1) is 0 Å². The molecule has 39 nitrogen and oxygen atoms in total. The average molecular weight is 1990 g/mol. The van der Waals surface area contributed by atoms with Gasteiger partial charge in [0.1, 0.15) is 61.9 Å². The molecule has 14 N–H and O–H groups in total. The molecule has 4 heterocycles. The molecular weight excluding hydrogens is 1860 g/mol. The number of amides is 6. The van der Waals surface area contributed by atoms with Crippen LogP contribution in [0.2, 0.25) is 0 Å². The number of halogens is 1. The number of likely N-dealkylation sites (N-methyl/N-ethyl adjacent to an activating group) is 1. The highest BCUT2D eigenvalue weighted by Gasteiger charge is 2.56. The molecule has 4 saturated heterocycles. The molecule has 8 rings (SSSR count). The maximum atomic E-state index is 14.7. The van der Waals surface area contributed by atoms with Crippen LogP contribution in [-0.2, 0) is 97.0 Å². The summed E-state index contributed by atoms with van der Waals surface area (Å²) in [6, 6.07) is 1.15. The van der Waals surface area contributed by atoms with Crippen LogP contribution in [-0.4, -0.2) is 334 Å². The largest absolute Gasteiger partial charge is 0.492 e. The minimum Gasteiger partial charge on any atom is -0.492 e. The van der Waals surface area contributed by atoms with Gasteiger partial charge >= 0.3 is 12.2 Å². The van der Waals surface area contributed by atoms with Gasteiger partial charge in [0.05, 0.1) is 144 Å². The van der Waals surface area contributed by atoms with Gasteiger partial charge in [0, 0.05) is 68.7 Å². The number of nitrogens with one attached hydrogen (secondary N) is 6. The number of carbonyl (C=O) groups excluding carboxylic acids is 8. The predicted octanol–water partition coefficient (Wildman–Crippen LogP) is 2.96. The normalized spacial score (nSPS) is 29.0. The molecule has 43 heteroatoms. The molecule has 4 aliphatic heterocycles. The second-order valence-corrected chi connectivity index (χ2v) is 37.4. The highest BCUT2D eigenvalue weighted by atomic mass is 127. The molecule has 6 aliphatic rings. The van der Waals surface area contributed by atoms with Gasteiger partial charge in [0.2, 0.25) is 40.8 Å². The third kappa shape index (κ3) is 30.1. The number of hydrogen-bond donors (Lipinski definition) is 13. The number of Topliss-reactive ketones (excluding diaryl/α,β-unsaturated/α-hetero) is 1. The summed E-state index contributed by atoms with van der Waals surface area (Å²) >= 11 is 2.75. The van der Waals surface area contributed by atoms with Crippen molar-refractivity contribution in [2.45, 2.75) is 246 Å². The average Bonchev–Trinajstić information content (AvgIpc) is 0.754. The molecule has 0 spiro atoms. The van der Waals surface area contributed by atoms with Crippen LogP contribution in [0.4, 0.5) is 15.3 Å². The number of nitrogens with zero attached hydrogens (tertiary/aromatic N) is 1. The number of anilines is 1. The fourth-order valence-electron chi connectivity index (χ4n) is 14.9. The fourth-order valence-corrected chi connectivity index (χ4v) is 19.1. The van der Waals surface area contributed by atoms with Crippen LogP contribution in [0.25, 0.3) is 0 Å². The zero-order valence-electron chi connectivity index (χ0n) is 75.1. The number of aliphatic hydroxyl groups excluding tert-OH is 5. The van der Waals surface area contributed by atoms with Gasteiger partial charge in [0.25, 0.3) is 0 Å². The number of thioether (sulfide) groups is 1. The molecule has 0 aromatic heterocycles. The number of alkyl carbamates (subject to hydrolysis) is 2. The first-order valence-electron chi connectivity index (χ1n) is 42.4. The van der Waals surface area contributed by atoms with E-state index in [4.69, 9.17) is 91.5 Å². The highest BCUT2D eigenvalue weighted by Crippen LogP contribution is 2.50. The molecule has 2 aromatic carbocycles. The van der Waals surface area contributed by atoms with Crippen molar-refractivity contribution >= 4 is 108 Å². The number of methoxy groups -OCH3 is 5. The van der Waals surface area contributed by atoms with Crippen molar-refractivity contribution in [3.63, 3.8) is 0 Å². The van der Waals surface area contributed by atoms with E-state index in [0.717, 1.165) is 18.9 Å². The van der Waals surface area contributed by atoms with E-state index in [9.17, 15) is 63.9 Å². The summed E-state index contributed by atoms with van der Waals surface area (Å²) in [5, 5.41) is 80.4. The summed E-state index contributed by atoms with van der Waals surface area (Å²) < 4.78 is 95.1. The number of fused-ring (bicyclic) bond motifs is 2. The van der Waals surface area contributed by atoms with Crippen LogP contribution in [0, 0.1) is 46.0 Å². The van der Waals surface area contributed by atoms with E-state index in [-0.39, 0.29) is 111 Å². The van der Waals surface area contributed by atoms with Crippen molar-refractivity contribution in [3.8, 4) is 40.9 Å². The maximum Gasteiger partial charge on any atom is 0.407 e. The predicted molar refractivity (Wildman–Crippen MR) is 480 cm³/mol. The summed E-state index contributed by atoms with van der Waals surface area (Å²) in [5.74, 6) is 7.96. The van der Waals surface area contributed by atoms with Gasteiger partial charge < -0.3 is 144 Å². The molecule has 720 valence electrons. The quantitative estimate of drug-likeness (QED) is 0.0113. The fraction of sp³-hybridized carbons (Fsp3) is 0.674. The lowest BCUT2D eigenvalue weighted by atomic mass is 9.68. The van der Waals surface area contributed by atoms with Crippen molar-refractivity contribution in [1.82, 2.24) is 31.6 Å². The first kappa shape index (κ1) is 108. The van der Waals surface area contributed by atoms with Crippen molar-refractivity contribution in [2.24, 2.45) is 17.6 Å². The van der Waals surface area contributed by atoms with Crippen molar-refractivity contribution in [1.29, 1.82) is 0 Å². The van der Waals surface area contributed by atoms with Crippen LogP contribution >= 0.6 is 55.9 Å². The van der Waals surface area contributed by atoms with Gasteiger partial charge in [-0.1, -0.05) is 89.1 Å². The van der Waals surface area contributed by atoms with E-state index in [1.54, 1.807) is 78.8 Å². The van der Waals surface area contributed by atoms with E-state index >= 15 is 0 Å². The zero-order valence-corrected chi connectivity index (χ0v) is 79.7. The number of ether oxygens (including phenoxy) is 16. The standard InChI is InChI=1S/C86H125IN8O31S3/c1-16-95(60(100)42-90-83(107)119-43-51-22-24-52(25-23-51)92-78(104)47(5)91-79(105)66(88)45(2)3)54-44-118-61(40-58(54)110-11)124-75-70(102)67(94-126-62-39-55(97)77(50(8)120-62)128-80(106)63-46(4)65(87)73(76(113-14)72(63)111-12)125-81-71(103)74(112-13)69(101)49(7)122-81)48(6)121-82(75)123-57-21-19-17-18-20-28-86(109)41-56(98)68(93-84(108)114-15)64(57)53(86)27-38-127-129-85(9,10)29-26-59(99)89-30-32-115-34-36-117-37-35-116-33-31-96/h17-18,22-25,27,45,47-50,54-55,57-58,61-62,64,66-71,74-75,77,81-82,94,96-97,101-103,109H,16,26,29-44,88H2,1-15H3,(H,89,99)(H,90,107)(H,91,105)(H,92,104)(H,93,108)/b18-17-,53-27+/t47-,48?,49?,50?,54?,55?,57-,58?,61?,62?,64?,66-,67?,68?,69?,70?,71?,74?,75?,77?,81?,82?,86-/m0/s1. The second kappa shape index (κ2) is 52.2. The van der Waals surface area contributed by atoms with E-state index in [1.807, 2.05) is 36.4 Å². The van der Waals surface area contributed by atoms with Crippen LogP contribution in [0.3, 0.4) is 0 Å². The second-order valence-electron chi connectivity index (χ2n) is 32.1. The molecule has 2 aromatic rings. The topological polar surface area (TPSA) is 516 Å². The SMILES string of the molecule is CCN(C(=O)CNC(=O)OCc1ccc(NC(=O)[C@H](C)NC(=O)[C@@H](N)C(C)C)cc1)C1COC(OC2C(O[C@H]3C#C/C=C\C#C[C@]4(O)CC(=O)C(NC(=O)OC)C3/C4=C\CSSC(C)(C)CCC(=O)NCCOCCOCCOCCO)OC(C)C(NOC3CC(O)C(SC(=O)c4c(C)c(I)c(OC5OC(C)C(O)C(OC)C5O)c(OC)c4OC)C(C)O3)C2O)CC1OC. The maximum absolute atomic E-state index is 14.7. The van der Waals surface area contributed by atoms with Gasteiger partial charge in [-0.2, -0.15) is 5.48 Å². The van der Waals surface area contributed by atoms with Crippen LogP contribution in [0.15, 0.2) is 48.1 Å². The number of carbonyl (C=O) groups is 8. The number of nitrogens with two attached hydrogens (primary N) is 1. The number of rotatable bonds is 45. The van der Waals surface area contributed by atoms with Gasteiger partial charge in [-0.3, -0.25) is 33.6 Å². The van der Waals surface area contributed by atoms with Crippen LogP contribution in [0.1, 0.15) is 116 Å². The summed E-state index contributed by atoms with van der Waals surface area (Å²) in [4.78, 5) is 116. The molecule has 19 unspecified atom stereocenters. The lowest BCUT2D eigenvalue weighted by molar-refractivity contribution is -0.340. The lowest BCUT2D eigenvalue weighted by Crippen LogP contribution is -2.66. The van der Waals surface area contributed by atoms with Gasteiger partial charge in [-0.05, 0) is 131 Å². The number of aliphatic hydroxyl groups is 6. The van der Waals surface area contributed by atoms with Crippen molar-refractivity contribution < 1.29 is 150 Å². The van der Waals surface area contributed by atoms with E-state index in [2.05, 4.69) is 55.7 Å². The Morgan fingerprint density at radius 3 is 2.12 bits per heavy atom. The number of benzene rings is 2. The molecule has 2 aliphatic carbocycles. The number of ketones is 1. The Morgan fingerprint density at radius 2 is 1.47 bits per heavy atom. The zero-order chi connectivity index (χ0) is 94.6. The summed E-state index contributed by atoms with van der Waals surface area (Å²) in [5.41, 5.74) is 8.17. The Kier molecular flexibility index (Phi) is 43.5. The monoisotopic (exact) mass is 1990 g/mol. The molecule has 2 bridgehead atoms. The van der Waals surface area contributed by atoms with Crippen molar-refractivity contribution in [2.75, 3.05) is 119 Å². The van der Waals surface area contributed by atoms with E-state index in [1.165, 1.54) is 74.0 Å². The summed E-state index contributed by atoms with van der Waals surface area (Å²) in [6.45, 7) is 18.4. The number of hydrogen-bond acceptors (Lipinski definition) is 36. The van der Waals surface area contributed by atoms with Gasteiger partial charge in [0.15, 0.2) is 41.8 Å². The molecule has 5 fully saturated rings. The Morgan fingerprint density at radius 1 is 0.791 bits per heavy atom. The molecule has 1 saturated carbocycles. The van der Waals surface area contributed by atoms with Crippen LogP contribution in [0.5, 0.6) is 17.2 Å². The van der Waals surface area contributed by atoms with Crippen molar-refractivity contribution in [3.05, 3.63) is 68.3 Å². The minimum absolute atomic E-state index is 0.0128. The third-order valence-corrected chi connectivity index (χ3v) is 28.0. The first-order chi connectivity index (χ1) is 61.5. The Hall–Kier alpha value is -6.82. The molecule has 0 radical (unpaired) electrons. The van der Waals surface area contributed by atoms with Crippen LogP contribution < -0.4 is 52.0 Å². The smallest absolute Gasteiger partial charge is 0.407 e. The molecule has 23 atom stereocenters. The van der Waals surface area contributed by atoms with E-state index in [0.29, 0.717) is 53.2 Å². The molecule has 129 heavy (non-hydrogen) atoms. The third-order valence-electron chi connectivity index (χ3n) is 22.2. The minimum atomic E-state index is -2.20. The summed E-state index contributed by atoms with van der Waals surface area (Å²) in [7, 11) is 9.38. The molecular formula is C86H125IN8O31S3. The van der Waals surface area contributed by atoms with Gasteiger partial charge in [-0.25, -0.2) is 9.59 Å². The first-order valence-corrected chi connectivity index (χ1v) is 46.7.